The van der Waals surface area contributed by atoms with Crippen LogP contribution in [-0.2, 0) is 14.9 Å². The van der Waals surface area contributed by atoms with Gasteiger partial charge < -0.3 is 15.0 Å². The molecule has 25 heavy (non-hydrogen) atoms. The van der Waals surface area contributed by atoms with E-state index in [1.54, 1.807) is 12.1 Å². The number of halogens is 1. The number of ether oxygens (including phenoxy) is 1. The fraction of sp³-hybridized carbons (Fsp3) is 0.350. The third-order valence-electron chi connectivity index (χ3n) is 5.09. The maximum Gasteiger partial charge on any atom is 0.235 e. The van der Waals surface area contributed by atoms with Crippen molar-refractivity contribution in [1.29, 1.82) is 0 Å². The first kappa shape index (κ1) is 16.1. The predicted molar refractivity (Wildman–Crippen MR) is 95.4 cm³/mol. The van der Waals surface area contributed by atoms with Crippen molar-refractivity contribution in [2.24, 2.45) is 0 Å². The monoisotopic (exact) mass is 340 g/mol. The molecule has 4 nitrogen and oxygen atoms in total. The van der Waals surface area contributed by atoms with Crippen molar-refractivity contribution in [3.05, 3.63) is 59.9 Å². The maximum atomic E-state index is 13.2. The minimum absolute atomic E-state index is 0.0141. The van der Waals surface area contributed by atoms with E-state index >= 15 is 0 Å². The average molecular weight is 340 g/mol. The molecule has 1 N–H and O–H groups in total. The lowest BCUT2D eigenvalue weighted by Gasteiger charge is -2.31. The van der Waals surface area contributed by atoms with Crippen LogP contribution >= 0.6 is 0 Å². The molecule has 0 bridgehead atoms. The Morgan fingerprint density at radius 3 is 2.40 bits per heavy atom. The molecule has 5 heteroatoms. The van der Waals surface area contributed by atoms with Crippen LogP contribution in [0.2, 0.25) is 0 Å². The molecule has 130 valence electrons. The molecular weight excluding hydrogens is 319 g/mol. The van der Waals surface area contributed by atoms with Gasteiger partial charge in [0, 0.05) is 13.1 Å². The summed E-state index contributed by atoms with van der Waals surface area (Å²) in [4.78, 5) is 15.2. The summed E-state index contributed by atoms with van der Waals surface area (Å²) in [6.45, 7) is 3.02. The maximum absolute atomic E-state index is 13.2. The Kier molecular flexibility index (Phi) is 4.17. The Balaban J connectivity index is 1.56. The Morgan fingerprint density at radius 2 is 1.72 bits per heavy atom. The highest BCUT2D eigenvalue weighted by Crippen LogP contribution is 2.49. The zero-order chi connectivity index (χ0) is 17.3. The molecule has 4 rings (SSSR count). The third-order valence-corrected chi connectivity index (χ3v) is 5.09. The molecule has 1 heterocycles. The lowest BCUT2D eigenvalue weighted by Crippen LogP contribution is -2.37. The zero-order valence-corrected chi connectivity index (χ0v) is 14.0. The molecule has 1 saturated heterocycles. The number of carbonyl (C=O) groups is 1. The van der Waals surface area contributed by atoms with Crippen molar-refractivity contribution in [3.8, 4) is 0 Å². The zero-order valence-electron chi connectivity index (χ0n) is 14.0. The normalized spacial score (nSPS) is 18.7. The van der Waals surface area contributed by atoms with Gasteiger partial charge in [0.05, 0.1) is 30.0 Å². The van der Waals surface area contributed by atoms with Gasteiger partial charge in [-0.3, -0.25) is 4.79 Å². The largest absolute Gasteiger partial charge is 0.378 e. The summed E-state index contributed by atoms with van der Waals surface area (Å²) in [6, 6.07) is 14.1. The number of nitrogens with one attached hydrogen (secondary N) is 1. The summed E-state index contributed by atoms with van der Waals surface area (Å²) in [5, 5.41) is 3.11. The van der Waals surface area contributed by atoms with Crippen LogP contribution in [-0.4, -0.2) is 32.2 Å². The van der Waals surface area contributed by atoms with E-state index in [1.807, 2.05) is 24.3 Å². The van der Waals surface area contributed by atoms with E-state index in [0.717, 1.165) is 42.9 Å². The molecule has 0 spiro atoms. The number of amides is 1. The van der Waals surface area contributed by atoms with Gasteiger partial charge in [0.2, 0.25) is 5.91 Å². The van der Waals surface area contributed by atoms with Gasteiger partial charge in [-0.25, -0.2) is 4.39 Å². The highest BCUT2D eigenvalue weighted by molar-refractivity contribution is 6.03. The van der Waals surface area contributed by atoms with Crippen LogP contribution in [0.4, 0.5) is 15.8 Å². The smallest absolute Gasteiger partial charge is 0.235 e. The Labute approximate surface area is 146 Å². The number of para-hydroxylation sites is 2. The van der Waals surface area contributed by atoms with E-state index in [2.05, 4.69) is 10.2 Å². The van der Waals surface area contributed by atoms with Crippen molar-refractivity contribution in [2.75, 3.05) is 36.5 Å². The molecule has 1 aliphatic carbocycles. The van der Waals surface area contributed by atoms with E-state index in [9.17, 15) is 9.18 Å². The van der Waals surface area contributed by atoms with E-state index in [1.165, 1.54) is 12.1 Å². The molecule has 0 aromatic heterocycles. The second-order valence-electron chi connectivity index (χ2n) is 6.66. The summed E-state index contributed by atoms with van der Waals surface area (Å²) in [5.41, 5.74) is 2.21. The van der Waals surface area contributed by atoms with Crippen molar-refractivity contribution >= 4 is 17.3 Å². The Bertz CT molecular complexity index is 766. The van der Waals surface area contributed by atoms with E-state index in [-0.39, 0.29) is 11.7 Å². The summed E-state index contributed by atoms with van der Waals surface area (Å²) >= 11 is 0. The van der Waals surface area contributed by atoms with Gasteiger partial charge in [-0.2, -0.15) is 0 Å². The number of benzene rings is 2. The fourth-order valence-corrected chi connectivity index (χ4v) is 3.44. The second-order valence-corrected chi connectivity index (χ2v) is 6.66. The molecule has 2 aromatic rings. The van der Waals surface area contributed by atoms with Crippen LogP contribution in [0.25, 0.3) is 0 Å². The fourth-order valence-electron chi connectivity index (χ4n) is 3.44. The minimum Gasteiger partial charge on any atom is -0.378 e. The molecule has 1 aliphatic heterocycles. The molecule has 0 unspecified atom stereocenters. The van der Waals surface area contributed by atoms with Gasteiger partial charge in [0.15, 0.2) is 0 Å². The summed E-state index contributed by atoms with van der Waals surface area (Å²) in [6.07, 6.45) is 1.59. The van der Waals surface area contributed by atoms with Crippen LogP contribution in [0.1, 0.15) is 18.4 Å². The molecule has 2 fully saturated rings. The van der Waals surface area contributed by atoms with Crippen molar-refractivity contribution in [1.82, 2.24) is 0 Å². The number of carbonyl (C=O) groups excluding carboxylic acids is 1. The molecule has 1 saturated carbocycles. The molecule has 0 radical (unpaired) electrons. The number of nitrogens with zero attached hydrogens (tertiary/aromatic N) is 1. The molecule has 2 aliphatic rings. The number of morpholine rings is 1. The van der Waals surface area contributed by atoms with Gasteiger partial charge in [-0.1, -0.05) is 24.3 Å². The first-order valence-corrected chi connectivity index (χ1v) is 8.68. The minimum atomic E-state index is -0.522. The van der Waals surface area contributed by atoms with Gasteiger partial charge in [-0.05, 0) is 42.7 Å². The van der Waals surface area contributed by atoms with E-state index in [4.69, 9.17) is 4.74 Å². The second kappa shape index (κ2) is 6.48. The van der Waals surface area contributed by atoms with Gasteiger partial charge >= 0.3 is 0 Å². The quantitative estimate of drug-likeness (QED) is 0.928. The van der Waals surface area contributed by atoms with Gasteiger partial charge in [0.1, 0.15) is 5.82 Å². The van der Waals surface area contributed by atoms with E-state index < -0.39 is 5.41 Å². The Hall–Kier alpha value is -2.40. The molecule has 2 aromatic carbocycles. The lowest BCUT2D eigenvalue weighted by molar-refractivity contribution is -0.118. The highest BCUT2D eigenvalue weighted by atomic mass is 19.1. The summed E-state index contributed by atoms with van der Waals surface area (Å²) < 4.78 is 18.6. The van der Waals surface area contributed by atoms with Crippen LogP contribution in [0, 0.1) is 5.82 Å². The SMILES string of the molecule is O=C(Nc1ccccc1N1CCOCC1)C1(c2ccc(F)cc2)CC1. The Morgan fingerprint density at radius 1 is 1.04 bits per heavy atom. The van der Waals surface area contributed by atoms with Crippen molar-refractivity contribution in [3.63, 3.8) is 0 Å². The summed E-state index contributed by atoms with van der Waals surface area (Å²) in [7, 11) is 0. The predicted octanol–water partition coefficient (Wildman–Crippen LogP) is 3.33. The van der Waals surface area contributed by atoms with E-state index in [0.29, 0.717) is 13.2 Å². The average Bonchev–Trinajstić information content (AvgIpc) is 3.45. The lowest BCUT2D eigenvalue weighted by atomic mass is 9.95. The van der Waals surface area contributed by atoms with Crippen molar-refractivity contribution < 1.29 is 13.9 Å². The number of rotatable bonds is 4. The van der Waals surface area contributed by atoms with Crippen molar-refractivity contribution in [2.45, 2.75) is 18.3 Å². The van der Waals surface area contributed by atoms with Gasteiger partial charge in [0.25, 0.3) is 0 Å². The van der Waals surface area contributed by atoms with Crippen LogP contribution in [0.15, 0.2) is 48.5 Å². The number of hydrogen-bond acceptors (Lipinski definition) is 3. The molecule has 1 amide bonds. The molecular formula is C20H21FN2O2. The molecule has 0 atom stereocenters. The topological polar surface area (TPSA) is 41.6 Å². The first-order valence-electron chi connectivity index (χ1n) is 8.68. The van der Waals surface area contributed by atoms with Crippen LogP contribution < -0.4 is 10.2 Å². The van der Waals surface area contributed by atoms with Crippen LogP contribution in [0.5, 0.6) is 0 Å². The standard InChI is InChI=1S/C20H21FN2O2/c21-16-7-5-15(6-8-16)20(9-10-20)19(24)22-17-3-1-2-4-18(17)23-11-13-25-14-12-23/h1-8H,9-14H2,(H,22,24). The number of anilines is 2. The van der Waals surface area contributed by atoms with Crippen LogP contribution in [0.3, 0.4) is 0 Å². The van der Waals surface area contributed by atoms with Gasteiger partial charge in [-0.15, -0.1) is 0 Å². The highest BCUT2D eigenvalue weighted by Gasteiger charge is 2.51. The summed E-state index contributed by atoms with van der Waals surface area (Å²) in [5.74, 6) is -0.294. The number of hydrogen-bond donors (Lipinski definition) is 1. The third kappa shape index (κ3) is 3.12. The first-order chi connectivity index (χ1) is 12.2.